The van der Waals surface area contributed by atoms with Gasteiger partial charge in [-0.2, -0.15) is 13.2 Å². The number of hydrogen-bond donors (Lipinski definition) is 1. The first-order valence-corrected chi connectivity index (χ1v) is 6.04. The normalized spacial score (nSPS) is 19.2. The predicted octanol–water partition coefficient (Wildman–Crippen LogP) is 1.60. The van der Waals surface area contributed by atoms with Gasteiger partial charge in [0.25, 0.3) is 0 Å². The van der Waals surface area contributed by atoms with Crippen LogP contribution in [-0.4, -0.2) is 49.3 Å². The number of hydrogen-bond acceptors (Lipinski definition) is 4. The second kappa shape index (κ2) is 5.75. The van der Waals surface area contributed by atoms with Gasteiger partial charge in [-0.3, -0.25) is 4.90 Å². The van der Waals surface area contributed by atoms with Gasteiger partial charge in [-0.1, -0.05) is 6.07 Å². The largest absolute Gasteiger partial charge is 0.481 e. The van der Waals surface area contributed by atoms with Crippen molar-refractivity contribution >= 4 is 0 Å². The van der Waals surface area contributed by atoms with Gasteiger partial charge in [0.1, 0.15) is 6.04 Å². The topological polar surface area (TPSA) is 37.4 Å². The molecular weight excluding hydrogens is 259 g/mol. The van der Waals surface area contributed by atoms with Crippen molar-refractivity contribution in [3.63, 3.8) is 0 Å². The third kappa shape index (κ3) is 3.36. The Kier molecular flexibility index (Phi) is 4.26. The molecule has 0 unspecified atom stereocenters. The highest BCUT2D eigenvalue weighted by Crippen LogP contribution is 2.37. The van der Waals surface area contributed by atoms with E-state index >= 15 is 0 Å². The van der Waals surface area contributed by atoms with Crippen molar-refractivity contribution in [1.82, 2.24) is 15.2 Å². The molecule has 0 saturated carbocycles. The average Bonchev–Trinajstić information content (AvgIpc) is 2.39. The molecule has 7 heteroatoms. The lowest BCUT2D eigenvalue weighted by atomic mass is 10.1. The lowest BCUT2D eigenvalue weighted by Crippen LogP contribution is -2.49. The van der Waals surface area contributed by atoms with Gasteiger partial charge in [-0.05, 0) is 5.56 Å². The van der Waals surface area contributed by atoms with Gasteiger partial charge in [-0.15, -0.1) is 0 Å². The standard InChI is InChI=1S/C12H16F3N3O/c1-19-10-3-2-9(8-17-10)11(12(13,14)15)18-6-4-16-5-7-18/h2-3,8,11,16H,4-7H2,1H3/t11-/m0/s1. The molecule has 2 rings (SSSR count). The Morgan fingerprint density at radius 3 is 2.47 bits per heavy atom. The lowest BCUT2D eigenvalue weighted by Gasteiger charge is -2.36. The van der Waals surface area contributed by atoms with E-state index in [1.54, 1.807) is 0 Å². The summed E-state index contributed by atoms with van der Waals surface area (Å²) in [5.74, 6) is 0.310. The second-order valence-electron chi connectivity index (χ2n) is 4.36. The zero-order chi connectivity index (χ0) is 13.9. The SMILES string of the molecule is COc1ccc([C@H](N2CCNCC2)C(F)(F)F)cn1. The monoisotopic (exact) mass is 275 g/mol. The van der Waals surface area contributed by atoms with E-state index < -0.39 is 12.2 Å². The van der Waals surface area contributed by atoms with Crippen LogP contribution in [0.2, 0.25) is 0 Å². The maximum Gasteiger partial charge on any atom is 0.408 e. The minimum Gasteiger partial charge on any atom is -0.481 e. The summed E-state index contributed by atoms with van der Waals surface area (Å²) >= 11 is 0. The minimum absolute atomic E-state index is 0.148. The van der Waals surface area contributed by atoms with Crippen LogP contribution in [0.25, 0.3) is 0 Å². The first-order valence-electron chi connectivity index (χ1n) is 6.04. The van der Waals surface area contributed by atoms with E-state index in [-0.39, 0.29) is 5.56 Å². The third-order valence-corrected chi connectivity index (χ3v) is 3.11. The van der Waals surface area contributed by atoms with Gasteiger partial charge in [0.05, 0.1) is 7.11 Å². The summed E-state index contributed by atoms with van der Waals surface area (Å²) in [5.41, 5.74) is 0.148. The Morgan fingerprint density at radius 2 is 2.00 bits per heavy atom. The zero-order valence-corrected chi connectivity index (χ0v) is 10.6. The van der Waals surface area contributed by atoms with Crippen LogP contribution in [0.4, 0.5) is 13.2 Å². The van der Waals surface area contributed by atoms with E-state index in [0.717, 1.165) is 0 Å². The maximum atomic E-state index is 13.3. The van der Waals surface area contributed by atoms with Gasteiger partial charge in [0.2, 0.25) is 5.88 Å². The van der Waals surface area contributed by atoms with Crippen molar-refractivity contribution in [3.05, 3.63) is 23.9 Å². The highest BCUT2D eigenvalue weighted by atomic mass is 19.4. The smallest absolute Gasteiger partial charge is 0.408 e. The van der Waals surface area contributed by atoms with Crippen LogP contribution in [0.3, 0.4) is 0 Å². The molecule has 0 amide bonds. The summed E-state index contributed by atoms with van der Waals surface area (Å²) in [7, 11) is 1.43. The number of aromatic nitrogens is 1. The molecule has 0 radical (unpaired) electrons. The molecule has 19 heavy (non-hydrogen) atoms. The number of nitrogens with one attached hydrogen (secondary N) is 1. The summed E-state index contributed by atoms with van der Waals surface area (Å²) in [4.78, 5) is 5.29. The number of pyridine rings is 1. The van der Waals surface area contributed by atoms with Gasteiger partial charge >= 0.3 is 6.18 Å². The molecule has 1 fully saturated rings. The van der Waals surface area contributed by atoms with E-state index in [4.69, 9.17) is 4.74 Å². The predicted molar refractivity (Wildman–Crippen MR) is 64.0 cm³/mol. The molecule has 4 nitrogen and oxygen atoms in total. The highest BCUT2D eigenvalue weighted by molar-refractivity contribution is 5.22. The fourth-order valence-electron chi connectivity index (χ4n) is 2.22. The molecule has 1 aromatic heterocycles. The zero-order valence-electron chi connectivity index (χ0n) is 10.6. The van der Waals surface area contributed by atoms with Gasteiger partial charge in [0.15, 0.2) is 0 Å². The molecule has 1 atom stereocenters. The fourth-order valence-corrected chi connectivity index (χ4v) is 2.22. The van der Waals surface area contributed by atoms with Crippen molar-refractivity contribution in [2.45, 2.75) is 12.2 Å². The molecule has 0 aliphatic carbocycles. The van der Waals surface area contributed by atoms with Crippen LogP contribution in [0.15, 0.2) is 18.3 Å². The van der Waals surface area contributed by atoms with Crippen molar-refractivity contribution in [1.29, 1.82) is 0 Å². The number of rotatable bonds is 3. The number of methoxy groups -OCH3 is 1. The molecule has 106 valence electrons. The maximum absolute atomic E-state index is 13.3. The van der Waals surface area contributed by atoms with Crippen molar-refractivity contribution in [2.75, 3.05) is 33.3 Å². The number of nitrogens with zero attached hydrogens (tertiary/aromatic N) is 2. The number of alkyl halides is 3. The molecule has 1 aliphatic rings. The lowest BCUT2D eigenvalue weighted by molar-refractivity contribution is -0.188. The fraction of sp³-hybridized carbons (Fsp3) is 0.583. The number of ether oxygens (including phenoxy) is 1. The summed E-state index contributed by atoms with van der Waals surface area (Å²) in [6.07, 6.45) is -3.08. The van der Waals surface area contributed by atoms with Crippen LogP contribution in [-0.2, 0) is 0 Å². The van der Waals surface area contributed by atoms with Crippen LogP contribution < -0.4 is 10.1 Å². The minimum atomic E-state index is -4.31. The highest BCUT2D eigenvalue weighted by Gasteiger charge is 2.45. The molecule has 1 N–H and O–H groups in total. The van der Waals surface area contributed by atoms with E-state index in [0.29, 0.717) is 32.1 Å². The second-order valence-corrected chi connectivity index (χ2v) is 4.36. The first kappa shape index (κ1) is 14.1. The molecule has 0 bridgehead atoms. The Morgan fingerprint density at radius 1 is 1.32 bits per heavy atom. The number of piperazine rings is 1. The Bertz CT molecular complexity index is 402. The van der Waals surface area contributed by atoms with Crippen LogP contribution in [0.5, 0.6) is 5.88 Å². The Balaban J connectivity index is 2.25. The summed E-state index contributed by atoms with van der Waals surface area (Å²) < 4.78 is 44.6. The van der Waals surface area contributed by atoms with Gasteiger partial charge in [-0.25, -0.2) is 4.98 Å². The van der Waals surface area contributed by atoms with Crippen molar-refractivity contribution in [3.8, 4) is 5.88 Å². The summed E-state index contributed by atoms with van der Waals surface area (Å²) in [5, 5.41) is 3.05. The molecule has 2 heterocycles. The van der Waals surface area contributed by atoms with Crippen LogP contribution in [0.1, 0.15) is 11.6 Å². The van der Waals surface area contributed by atoms with E-state index in [9.17, 15) is 13.2 Å². The van der Waals surface area contributed by atoms with Crippen molar-refractivity contribution in [2.24, 2.45) is 0 Å². The number of halogens is 3. The quantitative estimate of drug-likeness (QED) is 0.909. The molecule has 1 saturated heterocycles. The van der Waals surface area contributed by atoms with Gasteiger partial charge < -0.3 is 10.1 Å². The van der Waals surface area contributed by atoms with Gasteiger partial charge in [0, 0.05) is 38.4 Å². The molecule has 1 aromatic rings. The Hall–Kier alpha value is -1.34. The van der Waals surface area contributed by atoms with Crippen molar-refractivity contribution < 1.29 is 17.9 Å². The summed E-state index contributed by atoms with van der Waals surface area (Å²) in [6.45, 7) is 1.87. The molecule has 1 aliphatic heterocycles. The summed E-state index contributed by atoms with van der Waals surface area (Å²) in [6, 6.07) is 1.27. The van der Waals surface area contributed by atoms with E-state index in [1.807, 2.05) is 0 Å². The van der Waals surface area contributed by atoms with E-state index in [2.05, 4.69) is 10.3 Å². The molecule has 0 spiro atoms. The average molecular weight is 275 g/mol. The van der Waals surface area contributed by atoms with Crippen LogP contribution in [0, 0.1) is 0 Å². The first-order chi connectivity index (χ1) is 9.02. The van der Waals surface area contributed by atoms with E-state index in [1.165, 1.54) is 30.3 Å². The third-order valence-electron chi connectivity index (χ3n) is 3.11. The molecule has 0 aromatic carbocycles. The Labute approximate surface area is 109 Å². The van der Waals surface area contributed by atoms with Crippen LogP contribution >= 0.6 is 0 Å². The molecular formula is C12H16F3N3O.